The summed E-state index contributed by atoms with van der Waals surface area (Å²) in [7, 11) is 0. The first-order chi connectivity index (χ1) is 32.7. The van der Waals surface area contributed by atoms with Crippen molar-refractivity contribution in [3.8, 4) is 46.0 Å². The Balaban J connectivity index is 0.000000260. The third-order valence-electron chi connectivity index (χ3n) is 12.6. The lowest BCUT2D eigenvalue weighted by Crippen LogP contribution is -2.55. The third kappa shape index (κ3) is 8.09. The van der Waals surface area contributed by atoms with E-state index in [1.165, 1.54) is 0 Å². The van der Waals surface area contributed by atoms with Crippen LogP contribution in [0, 0.1) is 13.8 Å². The van der Waals surface area contributed by atoms with Gasteiger partial charge in [-0.05, 0) is 37.1 Å². The molecule has 8 rings (SSSR count). The quantitative estimate of drug-likeness (QED) is 0.0549. The van der Waals surface area contributed by atoms with Crippen molar-refractivity contribution in [2.24, 2.45) is 0 Å². The largest absolute Gasteiger partial charge is 0.872 e. The molecule has 27 nitrogen and oxygen atoms in total. The van der Waals surface area contributed by atoms with Crippen LogP contribution in [0.15, 0.2) is 12.1 Å². The molecular weight excluding hydrogens is 987 g/mol. The maximum Gasteiger partial charge on any atom is 0.339 e. The van der Waals surface area contributed by atoms with Gasteiger partial charge in [0.15, 0.2) is 46.1 Å². The van der Waals surface area contributed by atoms with Crippen LogP contribution in [-0.2, 0) is 9.47 Å². The third-order valence-corrected chi connectivity index (χ3v) is 12.6. The fourth-order valence-electron chi connectivity index (χ4n) is 9.13. The van der Waals surface area contributed by atoms with Gasteiger partial charge in [-0.3, -0.25) is 19.2 Å². The maximum atomic E-state index is 13.4. The van der Waals surface area contributed by atoms with Crippen LogP contribution in [0.25, 0.3) is 0 Å². The number of benzene rings is 4. The topological polar surface area (TPSA) is 522 Å². The second kappa shape index (κ2) is 19.9. The number of hydrogen-bond acceptors (Lipinski definition) is 24. The van der Waals surface area contributed by atoms with Crippen LogP contribution in [0.1, 0.15) is 119 Å². The van der Waals surface area contributed by atoms with Crippen LogP contribution < -0.4 is 10.2 Å². The number of carbonyl (C=O) groups is 6. The summed E-state index contributed by atoms with van der Waals surface area (Å²) >= 11 is 0. The van der Waals surface area contributed by atoms with Crippen LogP contribution in [0.3, 0.4) is 0 Å². The average Bonchev–Trinajstić information content (AvgIpc) is 3.29. The van der Waals surface area contributed by atoms with Crippen LogP contribution in [0.4, 0.5) is 0 Å². The number of aliphatic hydroxyl groups excluding tert-OH is 8. The zero-order chi connectivity index (χ0) is 52.2. The van der Waals surface area contributed by atoms with Crippen molar-refractivity contribution < 1.29 is 136 Å². The molecule has 4 aliphatic rings. The Morgan fingerprint density at radius 1 is 0.500 bits per heavy atom. The number of fused-ring (bicyclic) bond motifs is 4. The highest BCUT2D eigenvalue weighted by Gasteiger charge is 2.49. The Morgan fingerprint density at radius 3 is 1.08 bits per heavy atom. The number of ketones is 4. The first-order valence-corrected chi connectivity index (χ1v) is 20.3. The highest BCUT2D eigenvalue weighted by molar-refractivity contribution is 6.33. The number of rotatable bonds is 6. The number of phenolic OH excluding ortho intramolecular Hbond substituents is 4. The van der Waals surface area contributed by atoms with E-state index in [1.807, 2.05) is 0 Å². The normalized spacial score (nSPS) is 25.1. The molecule has 10 atom stereocenters. The fourth-order valence-corrected chi connectivity index (χ4v) is 9.13. The second-order valence-electron chi connectivity index (χ2n) is 16.4. The monoisotopic (exact) mass is 1030 g/mol. The molecule has 4 aromatic carbocycles. The number of hydrogen-bond donors (Lipinski definition) is 16. The molecule has 0 aromatic heterocycles. The number of aromatic carboxylic acids is 2. The predicted molar refractivity (Wildman–Crippen MR) is 227 cm³/mol. The van der Waals surface area contributed by atoms with Gasteiger partial charge in [0.1, 0.15) is 83.7 Å². The van der Waals surface area contributed by atoms with E-state index < -0.39 is 222 Å². The summed E-state index contributed by atoms with van der Waals surface area (Å²) in [6.07, 6.45) is -18.6. The summed E-state index contributed by atoms with van der Waals surface area (Å²) in [4.78, 5) is 76.0. The van der Waals surface area contributed by atoms with E-state index in [4.69, 9.17) is 9.47 Å². The van der Waals surface area contributed by atoms with Gasteiger partial charge >= 0.3 is 11.9 Å². The molecule has 3 radical (unpaired) electrons. The van der Waals surface area contributed by atoms with Crippen molar-refractivity contribution in [1.29, 1.82) is 0 Å². The van der Waals surface area contributed by atoms with Gasteiger partial charge in [-0.25, -0.2) is 9.59 Å². The van der Waals surface area contributed by atoms with Crippen molar-refractivity contribution in [3.63, 3.8) is 0 Å². The molecule has 383 valence electrons. The molecule has 2 aliphatic heterocycles. The minimum absolute atomic E-state index is 0. The van der Waals surface area contributed by atoms with Crippen molar-refractivity contribution in [1.82, 2.24) is 0 Å². The van der Waals surface area contributed by atoms with E-state index in [0.29, 0.717) is 12.1 Å². The smallest absolute Gasteiger partial charge is 0.339 e. The second-order valence-corrected chi connectivity index (χ2v) is 16.4. The van der Waals surface area contributed by atoms with Crippen LogP contribution in [-0.4, -0.2) is 202 Å². The van der Waals surface area contributed by atoms with Gasteiger partial charge in [-0.15, -0.1) is 0 Å². The van der Waals surface area contributed by atoms with E-state index >= 15 is 0 Å². The average molecular weight is 1030 g/mol. The Labute approximate surface area is 411 Å². The van der Waals surface area contributed by atoms with Crippen molar-refractivity contribution in [3.05, 3.63) is 90.0 Å². The lowest BCUT2D eigenvalue weighted by atomic mass is 9.77. The van der Waals surface area contributed by atoms with Gasteiger partial charge in [0.2, 0.25) is 0 Å². The van der Waals surface area contributed by atoms with Gasteiger partial charge in [-0.1, -0.05) is 11.5 Å². The van der Waals surface area contributed by atoms with Crippen molar-refractivity contribution in [2.45, 2.75) is 74.9 Å². The zero-order valence-electron chi connectivity index (χ0n) is 36.7. The molecule has 10 unspecified atom stereocenters. The molecule has 4 aromatic rings. The van der Waals surface area contributed by atoms with Gasteiger partial charge < -0.3 is 107 Å². The number of carboxylic acids is 2. The molecule has 0 bridgehead atoms. The number of ether oxygens (including phenoxy) is 2. The minimum Gasteiger partial charge on any atom is -0.872 e. The number of aliphatic hydroxyl groups is 8. The number of carbonyl (C=O) groups excluding carboxylic acids is 4. The molecule has 0 saturated carbocycles. The summed E-state index contributed by atoms with van der Waals surface area (Å²) < 4.78 is 10.5. The number of aromatic hydroxyl groups is 6. The molecule has 0 spiro atoms. The van der Waals surface area contributed by atoms with Gasteiger partial charge in [0.05, 0.1) is 24.3 Å². The van der Waals surface area contributed by atoms with Gasteiger partial charge in [-0.2, -0.15) is 0 Å². The molecule has 18 N–H and O–H groups in total. The summed E-state index contributed by atoms with van der Waals surface area (Å²) in [6.45, 7) is 0.500. The Hall–Kier alpha value is -7.01. The summed E-state index contributed by atoms with van der Waals surface area (Å²) in [5.41, 5.74) is -9.78. The predicted octanol–water partition coefficient (Wildman–Crippen LogP) is -4.86. The van der Waals surface area contributed by atoms with Gasteiger partial charge in [0.25, 0.3) is 0 Å². The summed E-state index contributed by atoms with van der Waals surface area (Å²) in [6, 6.07) is 1.39. The fraction of sp³-hybridized carbons (Fsp3) is 0.318. The van der Waals surface area contributed by atoms with Crippen molar-refractivity contribution in [2.75, 3.05) is 13.2 Å². The maximum absolute atomic E-state index is 13.4. The zero-order valence-corrected chi connectivity index (χ0v) is 37.8. The van der Waals surface area contributed by atoms with E-state index in [2.05, 4.69) is 0 Å². The lowest BCUT2D eigenvalue weighted by Gasteiger charge is -2.42. The summed E-state index contributed by atoms with van der Waals surface area (Å²) in [5, 5.41) is 187. The first kappa shape index (κ1) is 55.9. The van der Waals surface area contributed by atoms with E-state index in [1.54, 1.807) is 0 Å². The Morgan fingerprint density at radius 2 is 0.806 bits per heavy atom. The summed E-state index contributed by atoms with van der Waals surface area (Å²) in [5.74, 6) is -17.4. The number of phenols is 6. The molecule has 72 heavy (non-hydrogen) atoms. The Kier molecular flexibility index (Phi) is 15.4. The van der Waals surface area contributed by atoms with Crippen molar-refractivity contribution >= 4 is 52.4 Å². The molecule has 2 saturated heterocycles. The lowest BCUT2D eigenvalue weighted by molar-refractivity contribution is -0.277. The molecular formula is C44H40AlO27-2. The first-order valence-electron chi connectivity index (χ1n) is 20.3. The minimum atomic E-state index is -2.07. The van der Waals surface area contributed by atoms with Crippen LogP contribution >= 0.6 is 0 Å². The van der Waals surface area contributed by atoms with Gasteiger partial charge in [0, 0.05) is 61.9 Å². The van der Waals surface area contributed by atoms with E-state index in [0.717, 1.165) is 13.8 Å². The molecule has 28 heteroatoms. The number of carboxylic acid groups (broad SMARTS) is 2. The molecule has 2 heterocycles. The molecule has 0 amide bonds. The highest BCUT2D eigenvalue weighted by atomic mass is 27.0. The van der Waals surface area contributed by atoms with E-state index in [9.17, 15) is 121 Å². The molecule has 2 aliphatic carbocycles. The SMILES string of the molecule is Cc1c(C(=O)O)c(O)cc2c1C(=O)c1c([O-])c(C3OC(CO)C(O)C(O)C3O)c(O)c(O)c1C2=O.Cc1c(C(=O)O)c(O)cc2c1C(=O)c1c([O-])c(C3OC(CO)C(O)C(O)C3O)c(O)c(O)c1C2=O.O.[Al]. The molecule has 2 fully saturated rings. The van der Waals surface area contributed by atoms with Crippen LogP contribution in [0.5, 0.6) is 46.0 Å². The Bertz CT molecular complexity index is 2800. The standard InChI is InChI=1S/2C22H20O13.Al.H2O/c2*1-4-8-5(2-6(24)9(4)22(33)34)13(25)10-11(15(8)27)16(28)12(18(30)17(10)29)21-20(32)19(31)14(26)7(3-23)35-21;;/h2*2,7,14,19-21,23-24,26,28-32H,3H2,1H3,(H,33,34);;1H2/p-2. The van der Waals surface area contributed by atoms with E-state index in [-0.39, 0.29) is 34.0 Å². The van der Waals surface area contributed by atoms with Crippen LogP contribution in [0.2, 0.25) is 0 Å². The highest BCUT2D eigenvalue weighted by Crippen LogP contribution is 2.53.